The predicted molar refractivity (Wildman–Crippen MR) is 104 cm³/mol. The number of ether oxygens (including phenoxy) is 2. The normalized spacial score (nSPS) is 12.9. The van der Waals surface area contributed by atoms with E-state index in [1.807, 2.05) is 30.3 Å². The highest BCUT2D eigenvalue weighted by Crippen LogP contribution is 2.12. The van der Waals surface area contributed by atoms with Gasteiger partial charge >= 0.3 is 5.91 Å². The van der Waals surface area contributed by atoms with Gasteiger partial charge in [0.2, 0.25) is 11.6 Å². The molecule has 10 heteroatoms. The van der Waals surface area contributed by atoms with Crippen molar-refractivity contribution in [2.24, 2.45) is 0 Å². The van der Waals surface area contributed by atoms with E-state index in [2.05, 4.69) is 26.3 Å². The Balaban J connectivity index is 1.32. The zero-order valence-electron chi connectivity index (χ0n) is 15.8. The summed E-state index contributed by atoms with van der Waals surface area (Å²) >= 11 is 0. The highest BCUT2D eigenvalue weighted by molar-refractivity contribution is 5.97. The van der Waals surface area contributed by atoms with Crippen molar-refractivity contribution in [3.63, 3.8) is 0 Å². The van der Waals surface area contributed by atoms with E-state index >= 15 is 0 Å². The van der Waals surface area contributed by atoms with Gasteiger partial charge < -0.3 is 9.47 Å². The molecule has 152 valence electrons. The molecule has 30 heavy (non-hydrogen) atoms. The lowest BCUT2D eigenvalue weighted by Crippen LogP contribution is -2.43. The van der Waals surface area contributed by atoms with Gasteiger partial charge in [0.05, 0.1) is 6.54 Å². The number of hydrogen-bond donors (Lipinski definition) is 2. The second kappa shape index (κ2) is 8.86. The van der Waals surface area contributed by atoms with E-state index in [1.165, 1.54) is 11.1 Å². The molecule has 2 aromatic carbocycles. The van der Waals surface area contributed by atoms with E-state index in [1.54, 1.807) is 24.3 Å². The quantitative estimate of drug-likeness (QED) is 0.608. The molecule has 10 nitrogen and oxygen atoms in total. The summed E-state index contributed by atoms with van der Waals surface area (Å²) in [6, 6.07) is 16.4. The highest BCUT2D eigenvalue weighted by atomic mass is 16.6. The molecule has 1 aromatic heterocycles. The molecule has 0 fully saturated rings. The van der Waals surface area contributed by atoms with Crippen LogP contribution < -0.4 is 10.9 Å². The topological polar surface area (TPSA) is 120 Å². The zero-order valence-corrected chi connectivity index (χ0v) is 15.8. The van der Waals surface area contributed by atoms with E-state index in [9.17, 15) is 9.59 Å². The Kier molecular flexibility index (Phi) is 5.65. The van der Waals surface area contributed by atoms with Gasteiger partial charge in [-0.1, -0.05) is 42.5 Å². The van der Waals surface area contributed by atoms with Crippen LogP contribution >= 0.6 is 0 Å². The molecule has 1 aliphatic rings. The molecule has 0 saturated carbocycles. The van der Waals surface area contributed by atoms with Crippen molar-refractivity contribution in [2.75, 3.05) is 13.2 Å². The maximum absolute atomic E-state index is 12.2. The fourth-order valence-corrected chi connectivity index (χ4v) is 2.67. The lowest BCUT2D eigenvalue weighted by Gasteiger charge is -2.15. The fraction of sp³-hybridized carbons (Fsp3) is 0.150. The molecule has 3 aromatic rings. The molecule has 1 aliphatic heterocycles. The van der Waals surface area contributed by atoms with Gasteiger partial charge in [-0.25, -0.2) is 0 Å². The molecule has 0 bridgehead atoms. The van der Waals surface area contributed by atoms with Gasteiger partial charge in [0, 0.05) is 11.1 Å². The molecule has 2 N–H and O–H groups in total. The number of amides is 2. The standard InChI is InChI=1S/C20H18N6O4/c27-19(22-23-20(28)17-13-29-10-11-30-17)16-8-6-14(7-9-16)12-26-24-18(21-25-26)15-4-2-1-3-5-15/h1-9,13H,10-12H2,(H,22,27)(H,23,28). The summed E-state index contributed by atoms with van der Waals surface area (Å²) in [7, 11) is 0. The van der Waals surface area contributed by atoms with E-state index in [0.29, 0.717) is 24.5 Å². The summed E-state index contributed by atoms with van der Waals surface area (Å²) in [5, 5.41) is 12.5. The average molecular weight is 406 g/mol. The summed E-state index contributed by atoms with van der Waals surface area (Å²) in [6.07, 6.45) is 1.21. The molecular formula is C20H18N6O4. The van der Waals surface area contributed by atoms with Crippen molar-refractivity contribution >= 4 is 11.8 Å². The van der Waals surface area contributed by atoms with E-state index < -0.39 is 11.8 Å². The Hall–Kier alpha value is -4.21. The van der Waals surface area contributed by atoms with Crippen LogP contribution in [0.4, 0.5) is 0 Å². The lowest BCUT2D eigenvalue weighted by atomic mass is 10.1. The molecule has 0 unspecified atom stereocenters. The van der Waals surface area contributed by atoms with Gasteiger partial charge in [0.15, 0.2) is 0 Å². The Morgan fingerprint density at radius 1 is 0.967 bits per heavy atom. The number of rotatable bonds is 5. The van der Waals surface area contributed by atoms with Crippen molar-refractivity contribution in [1.82, 2.24) is 31.1 Å². The van der Waals surface area contributed by atoms with Crippen LogP contribution in [-0.2, 0) is 20.8 Å². The molecule has 0 atom stereocenters. The fourth-order valence-electron chi connectivity index (χ4n) is 2.67. The van der Waals surface area contributed by atoms with Crippen molar-refractivity contribution in [1.29, 1.82) is 0 Å². The van der Waals surface area contributed by atoms with Crippen molar-refractivity contribution in [3.8, 4) is 11.4 Å². The van der Waals surface area contributed by atoms with Gasteiger partial charge in [0.25, 0.3) is 5.91 Å². The number of hydrogen-bond acceptors (Lipinski definition) is 7. The molecule has 0 saturated heterocycles. The van der Waals surface area contributed by atoms with E-state index in [-0.39, 0.29) is 12.4 Å². The predicted octanol–water partition coefficient (Wildman–Crippen LogP) is 1.04. The van der Waals surface area contributed by atoms with Crippen LogP contribution in [0.25, 0.3) is 11.4 Å². The number of hydrazine groups is 1. The largest absolute Gasteiger partial charge is 0.494 e. The third kappa shape index (κ3) is 4.61. The van der Waals surface area contributed by atoms with Gasteiger partial charge in [0.1, 0.15) is 19.5 Å². The van der Waals surface area contributed by atoms with Crippen LogP contribution in [0, 0.1) is 0 Å². The summed E-state index contributed by atoms with van der Waals surface area (Å²) in [6.45, 7) is 1.07. The molecule has 0 spiro atoms. The zero-order chi connectivity index (χ0) is 20.8. The lowest BCUT2D eigenvalue weighted by molar-refractivity contribution is -0.123. The van der Waals surface area contributed by atoms with Crippen LogP contribution in [0.15, 0.2) is 66.6 Å². The summed E-state index contributed by atoms with van der Waals surface area (Å²) in [4.78, 5) is 25.6. The number of carbonyl (C=O) groups is 2. The minimum absolute atomic E-state index is 0.00658. The molecule has 0 aliphatic carbocycles. The van der Waals surface area contributed by atoms with E-state index in [0.717, 1.165) is 11.1 Å². The number of nitrogens with one attached hydrogen (secondary N) is 2. The second-order valence-corrected chi connectivity index (χ2v) is 6.32. The number of carbonyl (C=O) groups excluding carboxylic acids is 2. The monoisotopic (exact) mass is 406 g/mol. The maximum Gasteiger partial charge on any atom is 0.308 e. The Morgan fingerprint density at radius 2 is 1.73 bits per heavy atom. The first-order chi connectivity index (χ1) is 14.7. The average Bonchev–Trinajstić information content (AvgIpc) is 3.27. The van der Waals surface area contributed by atoms with Crippen molar-refractivity contribution in [2.45, 2.75) is 6.54 Å². The third-order valence-corrected chi connectivity index (χ3v) is 4.19. The number of nitrogens with zero attached hydrogens (tertiary/aromatic N) is 4. The maximum atomic E-state index is 12.2. The van der Waals surface area contributed by atoms with Crippen LogP contribution in [-0.4, -0.2) is 45.2 Å². The molecule has 0 radical (unpaired) electrons. The minimum Gasteiger partial charge on any atom is -0.494 e. The minimum atomic E-state index is -0.592. The summed E-state index contributed by atoms with van der Waals surface area (Å²) in [5.41, 5.74) is 6.77. The molecule has 2 amide bonds. The number of tetrazole rings is 1. The third-order valence-electron chi connectivity index (χ3n) is 4.19. The van der Waals surface area contributed by atoms with Gasteiger partial charge in [-0.05, 0) is 22.9 Å². The number of aromatic nitrogens is 4. The molecule has 2 heterocycles. The van der Waals surface area contributed by atoms with Crippen molar-refractivity contribution < 1.29 is 19.1 Å². The number of benzene rings is 2. The first-order valence-corrected chi connectivity index (χ1v) is 9.16. The van der Waals surface area contributed by atoms with Crippen LogP contribution in [0.5, 0.6) is 0 Å². The smallest absolute Gasteiger partial charge is 0.308 e. The Bertz CT molecular complexity index is 1060. The van der Waals surface area contributed by atoms with E-state index in [4.69, 9.17) is 9.47 Å². The first kappa shape index (κ1) is 19.1. The van der Waals surface area contributed by atoms with Gasteiger partial charge in [-0.3, -0.25) is 20.4 Å². The molecular weight excluding hydrogens is 388 g/mol. The first-order valence-electron chi connectivity index (χ1n) is 9.16. The Morgan fingerprint density at radius 3 is 2.47 bits per heavy atom. The Labute approximate surface area is 171 Å². The summed E-state index contributed by atoms with van der Waals surface area (Å²) < 4.78 is 10.1. The van der Waals surface area contributed by atoms with Crippen molar-refractivity contribution in [3.05, 3.63) is 77.7 Å². The van der Waals surface area contributed by atoms with Crippen LogP contribution in [0.3, 0.4) is 0 Å². The summed E-state index contributed by atoms with van der Waals surface area (Å²) in [5.74, 6) is -0.500. The second-order valence-electron chi connectivity index (χ2n) is 6.32. The highest BCUT2D eigenvalue weighted by Gasteiger charge is 2.16. The van der Waals surface area contributed by atoms with Crippen LogP contribution in [0.1, 0.15) is 15.9 Å². The molecule has 4 rings (SSSR count). The van der Waals surface area contributed by atoms with Gasteiger partial charge in [-0.15, -0.1) is 10.2 Å². The van der Waals surface area contributed by atoms with Crippen LogP contribution in [0.2, 0.25) is 0 Å². The van der Waals surface area contributed by atoms with Gasteiger partial charge in [-0.2, -0.15) is 4.80 Å². The SMILES string of the molecule is O=C(NNC(=O)c1ccc(Cn2nnc(-c3ccccc3)n2)cc1)C1=COCCO1.